The van der Waals surface area contributed by atoms with Crippen LogP contribution in [0, 0.1) is 5.82 Å². The normalized spacial score (nSPS) is 17.3. The minimum atomic E-state index is -0.425. The number of hydrogen-bond donors (Lipinski definition) is 0. The van der Waals surface area contributed by atoms with Crippen molar-refractivity contribution < 1.29 is 18.7 Å². The fourth-order valence-corrected chi connectivity index (χ4v) is 5.05. The molecule has 1 aromatic heterocycles. The first-order chi connectivity index (χ1) is 16.8. The first-order valence-electron chi connectivity index (χ1n) is 11.2. The standard InChI is InChI=1S/C25H23Cl2FN4O3/c1-14-10-21-17(13-31(14)24(33)15-6-7-18(26)19(27)11-15)23-25(34)30(8-9-32(23)29-21)12-16-20(28)4-3-5-22(16)35-2/h3-7,11,14H,8-10,12-13H2,1-2H3/t14-/m1/s1. The number of ether oxygens (including phenoxy) is 1. The topological polar surface area (TPSA) is 67.7 Å². The molecule has 0 N–H and O–H groups in total. The summed E-state index contributed by atoms with van der Waals surface area (Å²) in [6, 6.07) is 9.27. The first-order valence-corrected chi connectivity index (χ1v) is 12.0. The molecular weight excluding hydrogens is 494 g/mol. The Hall–Kier alpha value is -3.10. The number of amides is 2. The van der Waals surface area contributed by atoms with Crippen LogP contribution < -0.4 is 4.74 Å². The summed E-state index contributed by atoms with van der Waals surface area (Å²) in [5.74, 6) is -0.471. The smallest absolute Gasteiger partial charge is 0.272 e. The Morgan fingerprint density at radius 3 is 2.74 bits per heavy atom. The van der Waals surface area contributed by atoms with Crippen molar-refractivity contribution in [3.05, 3.63) is 80.3 Å². The molecule has 2 aromatic carbocycles. The third-order valence-electron chi connectivity index (χ3n) is 6.63. The molecule has 3 heterocycles. The molecule has 5 rings (SSSR count). The average molecular weight is 517 g/mol. The summed E-state index contributed by atoms with van der Waals surface area (Å²) >= 11 is 12.1. The van der Waals surface area contributed by atoms with Crippen molar-refractivity contribution in [3.63, 3.8) is 0 Å². The molecule has 2 amide bonds. The molecule has 182 valence electrons. The molecule has 2 aliphatic heterocycles. The summed E-state index contributed by atoms with van der Waals surface area (Å²) in [4.78, 5) is 30.2. The molecule has 2 aliphatic rings. The maximum Gasteiger partial charge on any atom is 0.272 e. The molecule has 0 radical (unpaired) electrons. The lowest BCUT2D eigenvalue weighted by Gasteiger charge is -2.34. The summed E-state index contributed by atoms with van der Waals surface area (Å²) in [6.07, 6.45) is 0.525. The van der Waals surface area contributed by atoms with Gasteiger partial charge in [-0.25, -0.2) is 4.39 Å². The van der Waals surface area contributed by atoms with Crippen molar-refractivity contribution in [2.45, 2.75) is 39.0 Å². The Labute approximate surface area is 212 Å². The third kappa shape index (κ3) is 4.15. The highest BCUT2D eigenvalue weighted by molar-refractivity contribution is 6.42. The van der Waals surface area contributed by atoms with Crippen LogP contribution in [0.2, 0.25) is 10.0 Å². The van der Waals surface area contributed by atoms with E-state index in [4.69, 9.17) is 27.9 Å². The van der Waals surface area contributed by atoms with Gasteiger partial charge in [0.1, 0.15) is 17.3 Å². The van der Waals surface area contributed by atoms with Crippen LogP contribution in [0.4, 0.5) is 4.39 Å². The predicted octanol–water partition coefficient (Wildman–Crippen LogP) is 4.58. The highest BCUT2D eigenvalue weighted by atomic mass is 35.5. The van der Waals surface area contributed by atoms with Gasteiger partial charge in [-0.1, -0.05) is 29.3 Å². The lowest BCUT2D eigenvalue weighted by atomic mass is 9.97. The fraction of sp³-hybridized carbons (Fsp3) is 0.320. The van der Waals surface area contributed by atoms with Crippen molar-refractivity contribution in [3.8, 4) is 5.75 Å². The summed E-state index contributed by atoms with van der Waals surface area (Å²) in [5.41, 5.74) is 2.74. The zero-order chi connectivity index (χ0) is 24.9. The summed E-state index contributed by atoms with van der Waals surface area (Å²) in [7, 11) is 1.47. The van der Waals surface area contributed by atoms with Gasteiger partial charge in [-0.05, 0) is 37.3 Å². The SMILES string of the molecule is COc1cccc(F)c1CN1CCn2nc3c(c2C1=O)CN(C(=O)c1ccc(Cl)c(Cl)c1)[C@H](C)C3. The first kappa shape index (κ1) is 23.6. The van der Waals surface area contributed by atoms with Gasteiger partial charge in [0.2, 0.25) is 0 Å². The lowest BCUT2D eigenvalue weighted by molar-refractivity contribution is 0.0636. The van der Waals surface area contributed by atoms with Gasteiger partial charge < -0.3 is 14.5 Å². The number of aromatic nitrogens is 2. The van der Waals surface area contributed by atoms with E-state index >= 15 is 0 Å². The lowest BCUT2D eigenvalue weighted by Crippen LogP contribution is -2.44. The highest BCUT2D eigenvalue weighted by Crippen LogP contribution is 2.32. The van der Waals surface area contributed by atoms with Crippen LogP contribution in [0.5, 0.6) is 5.75 Å². The Kier molecular flexibility index (Phi) is 6.19. The van der Waals surface area contributed by atoms with Crippen molar-refractivity contribution in [1.29, 1.82) is 0 Å². The minimum Gasteiger partial charge on any atom is -0.496 e. The van der Waals surface area contributed by atoms with E-state index in [0.717, 1.165) is 11.3 Å². The zero-order valence-corrected chi connectivity index (χ0v) is 20.7. The van der Waals surface area contributed by atoms with E-state index in [1.54, 1.807) is 44.8 Å². The van der Waals surface area contributed by atoms with Crippen LogP contribution >= 0.6 is 23.2 Å². The minimum absolute atomic E-state index is 0.0803. The van der Waals surface area contributed by atoms with Gasteiger partial charge in [0, 0.05) is 35.7 Å². The number of rotatable bonds is 4. The summed E-state index contributed by atoms with van der Waals surface area (Å²) in [6.45, 7) is 3.16. The van der Waals surface area contributed by atoms with E-state index in [-0.39, 0.29) is 30.9 Å². The van der Waals surface area contributed by atoms with Crippen molar-refractivity contribution in [2.75, 3.05) is 13.7 Å². The molecule has 3 aromatic rings. The van der Waals surface area contributed by atoms with E-state index in [0.29, 0.717) is 52.1 Å². The number of carbonyl (C=O) groups excluding carboxylic acids is 2. The Morgan fingerprint density at radius 2 is 2.00 bits per heavy atom. The Balaban J connectivity index is 1.44. The zero-order valence-electron chi connectivity index (χ0n) is 19.2. The quantitative estimate of drug-likeness (QED) is 0.508. The van der Waals surface area contributed by atoms with Crippen LogP contribution in [0.3, 0.4) is 0 Å². The molecule has 0 bridgehead atoms. The van der Waals surface area contributed by atoms with Gasteiger partial charge in [0.05, 0.1) is 42.5 Å². The number of benzene rings is 2. The number of methoxy groups -OCH3 is 1. The van der Waals surface area contributed by atoms with Crippen LogP contribution in [-0.2, 0) is 26.1 Å². The van der Waals surface area contributed by atoms with E-state index in [1.165, 1.54) is 13.2 Å². The van der Waals surface area contributed by atoms with E-state index < -0.39 is 5.82 Å². The Morgan fingerprint density at radius 1 is 1.20 bits per heavy atom. The van der Waals surface area contributed by atoms with Gasteiger partial charge in [-0.3, -0.25) is 14.3 Å². The fourth-order valence-electron chi connectivity index (χ4n) is 4.76. The van der Waals surface area contributed by atoms with Gasteiger partial charge in [-0.2, -0.15) is 5.10 Å². The second kappa shape index (κ2) is 9.17. The maximum absolute atomic E-state index is 14.5. The van der Waals surface area contributed by atoms with Gasteiger partial charge in [0.25, 0.3) is 11.8 Å². The van der Waals surface area contributed by atoms with Crippen LogP contribution in [-0.4, -0.2) is 51.1 Å². The van der Waals surface area contributed by atoms with Crippen molar-refractivity contribution in [2.24, 2.45) is 0 Å². The molecule has 0 saturated carbocycles. The maximum atomic E-state index is 14.5. The third-order valence-corrected chi connectivity index (χ3v) is 7.37. The summed E-state index contributed by atoms with van der Waals surface area (Å²) < 4.78 is 21.5. The second-order valence-corrected chi connectivity index (χ2v) is 9.57. The molecular formula is C25H23Cl2FN4O3. The van der Waals surface area contributed by atoms with Crippen LogP contribution in [0.15, 0.2) is 36.4 Å². The van der Waals surface area contributed by atoms with Crippen molar-refractivity contribution >= 4 is 35.0 Å². The number of halogens is 3. The van der Waals surface area contributed by atoms with Gasteiger partial charge in [-0.15, -0.1) is 0 Å². The predicted molar refractivity (Wildman–Crippen MR) is 129 cm³/mol. The largest absolute Gasteiger partial charge is 0.496 e. The summed E-state index contributed by atoms with van der Waals surface area (Å²) in [5, 5.41) is 5.35. The van der Waals surface area contributed by atoms with E-state index in [1.807, 2.05) is 6.92 Å². The molecule has 0 unspecified atom stereocenters. The second-order valence-electron chi connectivity index (χ2n) is 8.76. The number of nitrogens with zero attached hydrogens (tertiary/aromatic N) is 4. The number of hydrogen-bond acceptors (Lipinski definition) is 4. The molecule has 0 aliphatic carbocycles. The van der Waals surface area contributed by atoms with E-state index in [9.17, 15) is 14.0 Å². The Bertz CT molecular complexity index is 1340. The molecule has 0 fully saturated rings. The van der Waals surface area contributed by atoms with Crippen LogP contribution in [0.1, 0.15) is 44.6 Å². The van der Waals surface area contributed by atoms with Gasteiger partial charge in [0.15, 0.2) is 0 Å². The number of carbonyl (C=O) groups is 2. The van der Waals surface area contributed by atoms with E-state index in [2.05, 4.69) is 5.10 Å². The molecule has 35 heavy (non-hydrogen) atoms. The number of fused-ring (bicyclic) bond motifs is 3. The van der Waals surface area contributed by atoms with Crippen molar-refractivity contribution in [1.82, 2.24) is 19.6 Å². The molecule has 10 heteroatoms. The average Bonchev–Trinajstić information content (AvgIpc) is 3.20. The van der Waals surface area contributed by atoms with Crippen LogP contribution in [0.25, 0.3) is 0 Å². The highest BCUT2D eigenvalue weighted by Gasteiger charge is 2.37. The molecule has 7 nitrogen and oxygen atoms in total. The monoisotopic (exact) mass is 516 g/mol. The molecule has 0 saturated heterocycles. The molecule has 1 atom stereocenters. The van der Waals surface area contributed by atoms with Gasteiger partial charge >= 0.3 is 0 Å². The molecule has 0 spiro atoms.